The molecular weight excluding hydrogens is 292 g/mol. The van der Waals surface area contributed by atoms with Gasteiger partial charge in [-0.05, 0) is 43.7 Å². The average molecular weight is 311 g/mol. The van der Waals surface area contributed by atoms with Gasteiger partial charge in [0.1, 0.15) is 17.1 Å². The number of nitrogens with one attached hydrogen (secondary N) is 1. The predicted molar refractivity (Wildman–Crippen MR) is 77.8 cm³/mol. The van der Waals surface area contributed by atoms with Gasteiger partial charge in [0, 0.05) is 12.6 Å². The number of rotatable bonds is 7. The summed E-state index contributed by atoms with van der Waals surface area (Å²) in [4.78, 5) is 0. The van der Waals surface area contributed by atoms with Crippen molar-refractivity contribution in [2.75, 3.05) is 6.54 Å². The summed E-state index contributed by atoms with van der Waals surface area (Å²) in [5.74, 6) is 0.570. The maximum absolute atomic E-state index is 12.2. The molecule has 1 aromatic heterocycles. The molecule has 4 nitrogen and oxygen atoms in total. The molecule has 0 aliphatic heterocycles. The van der Waals surface area contributed by atoms with Gasteiger partial charge in [-0.2, -0.15) is 8.78 Å². The molecule has 0 unspecified atom stereocenters. The molecule has 1 aromatic carbocycles. The van der Waals surface area contributed by atoms with Gasteiger partial charge in [-0.1, -0.05) is 12.1 Å². The van der Waals surface area contributed by atoms with E-state index in [2.05, 4.69) is 10.1 Å². The van der Waals surface area contributed by atoms with E-state index in [4.69, 9.17) is 4.42 Å². The molecule has 0 spiro atoms. The van der Waals surface area contributed by atoms with E-state index < -0.39 is 12.2 Å². The van der Waals surface area contributed by atoms with Crippen molar-refractivity contribution in [3.63, 3.8) is 0 Å². The van der Waals surface area contributed by atoms with Crippen molar-refractivity contribution in [1.29, 1.82) is 0 Å². The maximum atomic E-state index is 12.2. The van der Waals surface area contributed by atoms with Crippen molar-refractivity contribution in [1.82, 2.24) is 5.32 Å². The SMILES string of the molecule is C[C@@H](NC[C@@](C)(O)c1ccco1)c1cccc(OC(F)F)c1. The first-order valence-corrected chi connectivity index (χ1v) is 6.93. The minimum Gasteiger partial charge on any atom is -0.466 e. The van der Waals surface area contributed by atoms with Gasteiger partial charge in [-0.3, -0.25) is 0 Å². The molecule has 0 saturated carbocycles. The van der Waals surface area contributed by atoms with Gasteiger partial charge in [0.2, 0.25) is 0 Å². The molecular formula is C16H19F2NO3. The summed E-state index contributed by atoms with van der Waals surface area (Å²) in [7, 11) is 0. The highest BCUT2D eigenvalue weighted by molar-refractivity contribution is 5.30. The van der Waals surface area contributed by atoms with Crippen molar-refractivity contribution >= 4 is 0 Å². The van der Waals surface area contributed by atoms with Crippen molar-refractivity contribution < 1.29 is 23.0 Å². The standard InChI is InChI=1S/C16H19F2NO3/c1-11(12-5-3-6-13(9-12)22-15(17)18)19-10-16(2,20)14-7-4-8-21-14/h3-9,11,15,19-20H,10H2,1-2H3/t11-,16-/m1/s1. The summed E-state index contributed by atoms with van der Waals surface area (Å²) in [6, 6.07) is 9.73. The fourth-order valence-corrected chi connectivity index (χ4v) is 2.10. The van der Waals surface area contributed by atoms with Crippen LogP contribution in [0.3, 0.4) is 0 Å². The second-order valence-corrected chi connectivity index (χ2v) is 5.30. The Hall–Kier alpha value is -1.92. The predicted octanol–water partition coefficient (Wildman–Crippen LogP) is 3.44. The highest BCUT2D eigenvalue weighted by atomic mass is 19.3. The van der Waals surface area contributed by atoms with Gasteiger partial charge in [-0.25, -0.2) is 0 Å². The van der Waals surface area contributed by atoms with E-state index in [1.165, 1.54) is 12.3 Å². The fourth-order valence-electron chi connectivity index (χ4n) is 2.10. The summed E-state index contributed by atoms with van der Waals surface area (Å²) >= 11 is 0. The van der Waals surface area contributed by atoms with Gasteiger partial charge in [0.25, 0.3) is 0 Å². The molecule has 0 amide bonds. The summed E-state index contributed by atoms with van der Waals surface area (Å²) in [5.41, 5.74) is -0.372. The number of hydrogen-bond donors (Lipinski definition) is 2. The normalized spacial score (nSPS) is 15.5. The molecule has 2 atom stereocenters. The smallest absolute Gasteiger partial charge is 0.387 e. The summed E-state index contributed by atoms with van der Waals surface area (Å²) < 4.78 is 34.1. The van der Waals surface area contributed by atoms with E-state index >= 15 is 0 Å². The quantitative estimate of drug-likeness (QED) is 0.822. The number of furan rings is 1. The van der Waals surface area contributed by atoms with E-state index in [0.29, 0.717) is 5.76 Å². The second-order valence-electron chi connectivity index (χ2n) is 5.30. The van der Waals surface area contributed by atoms with Crippen LogP contribution in [0.15, 0.2) is 47.1 Å². The van der Waals surface area contributed by atoms with Crippen LogP contribution >= 0.6 is 0 Å². The number of ether oxygens (including phenoxy) is 1. The number of alkyl halides is 2. The van der Waals surface area contributed by atoms with Gasteiger partial charge in [0.05, 0.1) is 6.26 Å². The molecule has 6 heteroatoms. The van der Waals surface area contributed by atoms with Gasteiger partial charge < -0.3 is 19.6 Å². The number of benzene rings is 1. The van der Waals surface area contributed by atoms with Gasteiger partial charge >= 0.3 is 6.61 Å². The van der Waals surface area contributed by atoms with E-state index in [9.17, 15) is 13.9 Å². The molecule has 2 rings (SSSR count). The molecule has 0 saturated heterocycles. The molecule has 0 bridgehead atoms. The first-order valence-electron chi connectivity index (χ1n) is 6.93. The lowest BCUT2D eigenvalue weighted by Gasteiger charge is -2.24. The van der Waals surface area contributed by atoms with Crippen molar-refractivity contribution in [3.05, 3.63) is 54.0 Å². The lowest BCUT2D eigenvalue weighted by Crippen LogP contribution is -2.36. The Morgan fingerprint density at radius 2 is 2.09 bits per heavy atom. The molecule has 0 fully saturated rings. The van der Waals surface area contributed by atoms with Crippen molar-refractivity contribution in [2.45, 2.75) is 32.1 Å². The Bertz CT molecular complexity index is 585. The zero-order chi connectivity index (χ0) is 16.2. The van der Waals surface area contributed by atoms with Crippen LogP contribution in [0.2, 0.25) is 0 Å². The minimum atomic E-state index is -2.85. The van der Waals surface area contributed by atoms with Crippen LogP contribution in [0.25, 0.3) is 0 Å². The summed E-state index contributed by atoms with van der Waals surface area (Å²) in [5, 5.41) is 13.5. The lowest BCUT2D eigenvalue weighted by atomic mass is 10.0. The Morgan fingerprint density at radius 3 is 2.73 bits per heavy atom. The Labute approximate surface area is 127 Å². The third-order valence-electron chi connectivity index (χ3n) is 3.39. The van der Waals surface area contributed by atoms with Gasteiger partial charge in [-0.15, -0.1) is 0 Å². The summed E-state index contributed by atoms with van der Waals surface area (Å²) in [6.45, 7) is 0.918. The Kier molecular flexibility index (Phi) is 5.15. The second kappa shape index (κ2) is 6.89. The largest absolute Gasteiger partial charge is 0.466 e. The maximum Gasteiger partial charge on any atom is 0.387 e. The molecule has 2 aromatic rings. The number of hydrogen-bond acceptors (Lipinski definition) is 4. The van der Waals surface area contributed by atoms with Crippen LogP contribution in [0.4, 0.5) is 8.78 Å². The highest BCUT2D eigenvalue weighted by Gasteiger charge is 2.26. The molecule has 0 aliphatic rings. The lowest BCUT2D eigenvalue weighted by molar-refractivity contribution is -0.0499. The van der Waals surface area contributed by atoms with Crippen LogP contribution in [0.1, 0.15) is 31.2 Å². The van der Waals surface area contributed by atoms with Gasteiger partial charge in [0.15, 0.2) is 0 Å². The zero-order valence-electron chi connectivity index (χ0n) is 12.4. The van der Waals surface area contributed by atoms with Crippen LogP contribution in [0.5, 0.6) is 5.75 Å². The molecule has 0 aliphatic carbocycles. The van der Waals surface area contributed by atoms with Crippen LogP contribution in [0, 0.1) is 0 Å². The van der Waals surface area contributed by atoms with E-state index in [1.807, 2.05) is 6.92 Å². The van der Waals surface area contributed by atoms with E-state index in [-0.39, 0.29) is 18.3 Å². The molecule has 0 radical (unpaired) electrons. The third-order valence-corrected chi connectivity index (χ3v) is 3.39. The first kappa shape index (κ1) is 16.5. The highest BCUT2D eigenvalue weighted by Crippen LogP contribution is 2.23. The summed E-state index contributed by atoms with van der Waals surface area (Å²) in [6.07, 6.45) is 1.50. The molecule has 1 heterocycles. The monoisotopic (exact) mass is 311 g/mol. The van der Waals surface area contributed by atoms with Crippen LogP contribution in [-0.2, 0) is 5.60 Å². The number of aliphatic hydroxyl groups is 1. The van der Waals surface area contributed by atoms with Crippen LogP contribution < -0.4 is 10.1 Å². The minimum absolute atomic E-state index is 0.110. The third kappa shape index (κ3) is 4.29. The van der Waals surface area contributed by atoms with Crippen molar-refractivity contribution in [3.8, 4) is 5.75 Å². The molecule has 2 N–H and O–H groups in total. The Balaban J connectivity index is 1.99. The molecule has 22 heavy (non-hydrogen) atoms. The molecule has 120 valence electrons. The Morgan fingerprint density at radius 1 is 1.32 bits per heavy atom. The van der Waals surface area contributed by atoms with Crippen molar-refractivity contribution in [2.24, 2.45) is 0 Å². The topological polar surface area (TPSA) is 54.6 Å². The van der Waals surface area contributed by atoms with Crippen LogP contribution in [-0.4, -0.2) is 18.3 Å². The first-order chi connectivity index (χ1) is 10.4. The number of halogens is 2. The average Bonchev–Trinajstić information content (AvgIpc) is 2.99. The zero-order valence-corrected chi connectivity index (χ0v) is 12.4. The van der Waals surface area contributed by atoms with E-state index in [0.717, 1.165) is 5.56 Å². The fraction of sp³-hybridized carbons (Fsp3) is 0.375. The van der Waals surface area contributed by atoms with E-state index in [1.54, 1.807) is 37.3 Å².